The Hall–Kier alpha value is -1.40. The molecule has 0 aliphatic rings. The van der Waals surface area contributed by atoms with E-state index in [1.165, 1.54) is 17.4 Å². The Morgan fingerprint density at radius 1 is 1.35 bits per heavy atom. The zero-order valence-electron chi connectivity index (χ0n) is 10.8. The fourth-order valence-corrected chi connectivity index (χ4v) is 2.70. The minimum absolute atomic E-state index is 0.369. The third-order valence-electron chi connectivity index (χ3n) is 2.71. The Morgan fingerprint density at radius 3 is 2.75 bits per heavy atom. The largest absolute Gasteiger partial charge is 0.416 e. The number of thiazole rings is 1. The number of alkyl halides is 3. The van der Waals surface area contributed by atoms with Crippen LogP contribution in [0.25, 0.3) is 0 Å². The zero-order chi connectivity index (χ0) is 14.8. The smallest absolute Gasteiger partial charge is 0.393 e. The molecule has 1 atom stereocenters. The average Bonchev–Trinajstić information content (AvgIpc) is 2.75. The van der Waals surface area contributed by atoms with E-state index in [1.807, 2.05) is 5.38 Å². The summed E-state index contributed by atoms with van der Waals surface area (Å²) in [5, 5.41) is 11.8. The standard InChI is InChI=1S/C14H14F3NOS/c1-9(19)5-12-8-20-13(18-12)7-10-3-2-4-11(6-10)14(15,16)17/h2-4,6,8-9,19H,5,7H2,1H3. The van der Waals surface area contributed by atoms with Gasteiger partial charge in [-0.2, -0.15) is 13.2 Å². The van der Waals surface area contributed by atoms with Crippen molar-refractivity contribution in [2.75, 3.05) is 0 Å². The molecule has 108 valence electrons. The van der Waals surface area contributed by atoms with Crippen molar-refractivity contribution in [2.45, 2.75) is 32.0 Å². The van der Waals surface area contributed by atoms with Crippen molar-refractivity contribution in [3.8, 4) is 0 Å². The molecule has 0 saturated carbocycles. The maximum atomic E-state index is 12.6. The van der Waals surface area contributed by atoms with E-state index in [4.69, 9.17) is 0 Å². The number of benzene rings is 1. The van der Waals surface area contributed by atoms with Gasteiger partial charge >= 0.3 is 6.18 Å². The molecule has 0 spiro atoms. The van der Waals surface area contributed by atoms with Gasteiger partial charge in [-0.3, -0.25) is 0 Å². The highest BCUT2D eigenvalue weighted by atomic mass is 32.1. The number of nitrogens with zero attached hydrogens (tertiary/aromatic N) is 1. The Morgan fingerprint density at radius 2 is 2.10 bits per heavy atom. The summed E-state index contributed by atoms with van der Waals surface area (Å²) in [5.74, 6) is 0. The van der Waals surface area contributed by atoms with Crippen LogP contribution in [0.4, 0.5) is 13.2 Å². The van der Waals surface area contributed by atoms with Crippen LogP contribution in [0.5, 0.6) is 0 Å². The summed E-state index contributed by atoms with van der Waals surface area (Å²) in [6.45, 7) is 1.67. The Kier molecular flexibility index (Phi) is 4.45. The first kappa shape index (κ1) is 15.0. The molecule has 2 aromatic rings. The van der Waals surface area contributed by atoms with Crippen LogP contribution in [0.3, 0.4) is 0 Å². The van der Waals surface area contributed by atoms with Crippen LogP contribution >= 0.6 is 11.3 Å². The van der Waals surface area contributed by atoms with Gasteiger partial charge in [0.15, 0.2) is 0 Å². The highest BCUT2D eigenvalue weighted by molar-refractivity contribution is 7.09. The van der Waals surface area contributed by atoms with Crippen molar-refractivity contribution in [1.82, 2.24) is 4.98 Å². The van der Waals surface area contributed by atoms with Crippen LogP contribution in [0.2, 0.25) is 0 Å². The molecule has 0 fully saturated rings. The minimum atomic E-state index is -4.32. The van der Waals surface area contributed by atoms with Crippen LogP contribution in [-0.2, 0) is 19.0 Å². The molecule has 1 aromatic carbocycles. The zero-order valence-corrected chi connectivity index (χ0v) is 11.6. The van der Waals surface area contributed by atoms with Gasteiger partial charge in [0, 0.05) is 18.2 Å². The molecule has 6 heteroatoms. The second kappa shape index (κ2) is 5.93. The lowest BCUT2D eigenvalue weighted by Gasteiger charge is -2.07. The number of aliphatic hydroxyl groups is 1. The van der Waals surface area contributed by atoms with Gasteiger partial charge in [-0.15, -0.1) is 11.3 Å². The van der Waals surface area contributed by atoms with Gasteiger partial charge in [0.1, 0.15) is 0 Å². The van der Waals surface area contributed by atoms with E-state index in [0.29, 0.717) is 18.4 Å². The lowest BCUT2D eigenvalue weighted by molar-refractivity contribution is -0.137. The van der Waals surface area contributed by atoms with Gasteiger partial charge in [-0.1, -0.05) is 18.2 Å². The van der Waals surface area contributed by atoms with Crippen molar-refractivity contribution in [2.24, 2.45) is 0 Å². The summed E-state index contributed by atoms with van der Waals surface area (Å²) in [4.78, 5) is 4.31. The third-order valence-corrected chi connectivity index (χ3v) is 3.61. The molecule has 2 rings (SSSR count). The summed E-state index contributed by atoms with van der Waals surface area (Å²) in [6.07, 6.45) is -3.97. The Labute approximate surface area is 118 Å². The third kappa shape index (κ3) is 4.05. The van der Waals surface area contributed by atoms with E-state index in [-0.39, 0.29) is 0 Å². The normalized spacial score (nSPS) is 13.4. The first-order valence-corrected chi connectivity index (χ1v) is 7.00. The fraction of sp³-hybridized carbons (Fsp3) is 0.357. The van der Waals surface area contributed by atoms with Gasteiger partial charge in [-0.25, -0.2) is 4.98 Å². The van der Waals surface area contributed by atoms with Crippen LogP contribution in [-0.4, -0.2) is 16.2 Å². The Bertz CT molecular complexity index is 578. The van der Waals surface area contributed by atoms with Gasteiger partial charge < -0.3 is 5.11 Å². The predicted molar refractivity (Wildman–Crippen MR) is 71.7 cm³/mol. The second-order valence-electron chi connectivity index (χ2n) is 4.66. The molecule has 0 radical (unpaired) electrons. The molecule has 1 N–H and O–H groups in total. The van der Waals surface area contributed by atoms with E-state index in [1.54, 1.807) is 13.0 Å². The molecule has 2 nitrogen and oxygen atoms in total. The number of aliphatic hydroxyl groups excluding tert-OH is 1. The fourth-order valence-electron chi connectivity index (χ4n) is 1.86. The highest BCUT2D eigenvalue weighted by Crippen LogP contribution is 2.30. The predicted octanol–water partition coefficient (Wildman–Crippen LogP) is 3.68. The SMILES string of the molecule is CC(O)Cc1csc(Cc2cccc(C(F)(F)F)c2)n1. The van der Waals surface area contributed by atoms with Crippen molar-refractivity contribution in [3.63, 3.8) is 0 Å². The summed E-state index contributed by atoms with van der Waals surface area (Å²) < 4.78 is 37.8. The van der Waals surface area contributed by atoms with Crippen LogP contribution < -0.4 is 0 Å². The lowest BCUT2D eigenvalue weighted by Crippen LogP contribution is -2.05. The molecule has 1 aromatic heterocycles. The van der Waals surface area contributed by atoms with Gasteiger partial charge in [-0.05, 0) is 18.6 Å². The number of aromatic nitrogens is 1. The monoisotopic (exact) mass is 301 g/mol. The molecule has 0 aliphatic carbocycles. The molecule has 0 saturated heterocycles. The molecular weight excluding hydrogens is 287 g/mol. The number of rotatable bonds is 4. The molecular formula is C14H14F3NOS. The van der Waals surface area contributed by atoms with Crippen LogP contribution in [0.15, 0.2) is 29.6 Å². The summed E-state index contributed by atoms with van der Waals surface area (Å²) in [5.41, 5.74) is 0.709. The van der Waals surface area contributed by atoms with E-state index < -0.39 is 17.8 Å². The quantitative estimate of drug-likeness (QED) is 0.934. The van der Waals surface area contributed by atoms with Crippen LogP contribution in [0, 0.1) is 0 Å². The maximum Gasteiger partial charge on any atom is 0.416 e. The summed E-state index contributed by atoms with van der Waals surface area (Å²) >= 11 is 1.40. The maximum absolute atomic E-state index is 12.6. The van der Waals surface area contributed by atoms with E-state index in [2.05, 4.69) is 4.98 Å². The van der Waals surface area contributed by atoms with Crippen molar-refractivity contribution < 1.29 is 18.3 Å². The van der Waals surface area contributed by atoms with E-state index in [0.717, 1.165) is 22.8 Å². The van der Waals surface area contributed by atoms with E-state index in [9.17, 15) is 18.3 Å². The average molecular weight is 301 g/mol. The first-order chi connectivity index (χ1) is 9.34. The minimum Gasteiger partial charge on any atom is -0.393 e. The van der Waals surface area contributed by atoms with Crippen molar-refractivity contribution in [1.29, 1.82) is 0 Å². The lowest BCUT2D eigenvalue weighted by atomic mass is 10.1. The Balaban J connectivity index is 2.12. The summed E-state index contributed by atoms with van der Waals surface area (Å²) in [7, 11) is 0. The molecule has 0 amide bonds. The van der Waals surface area contributed by atoms with Crippen molar-refractivity contribution >= 4 is 11.3 Å². The topological polar surface area (TPSA) is 33.1 Å². The van der Waals surface area contributed by atoms with Gasteiger partial charge in [0.25, 0.3) is 0 Å². The van der Waals surface area contributed by atoms with Crippen LogP contribution in [0.1, 0.15) is 28.8 Å². The highest BCUT2D eigenvalue weighted by Gasteiger charge is 2.30. The summed E-state index contributed by atoms with van der Waals surface area (Å²) in [6, 6.07) is 5.27. The molecule has 1 heterocycles. The molecule has 1 unspecified atom stereocenters. The van der Waals surface area contributed by atoms with Crippen molar-refractivity contribution in [3.05, 3.63) is 51.5 Å². The molecule has 0 aliphatic heterocycles. The van der Waals surface area contributed by atoms with Gasteiger partial charge in [0.05, 0.1) is 22.4 Å². The second-order valence-corrected chi connectivity index (χ2v) is 5.60. The van der Waals surface area contributed by atoms with Gasteiger partial charge in [0.2, 0.25) is 0 Å². The molecule has 0 bridgehead atoms. The first-order valence-electron chi connectivity index (χ1n) is 6.12. The molecule has 20 heavy (non-hydrogen) atoms. The number of hydrogen-bond acceptors (Lipinski definition) is 3. The van der Waals surface area contributed by atoms with E-state index >= 15 is 0 Å². The number of halogens is 3. The number of hydrogen-bond donors (Lipinski definition) is 1.